The van der Waals surface area contributed by atoms with Crippen molar-refractivity contribution < 1.29 is 55.2 Å². The van der Waals surface area contributed by atoms with Gasteiger partial charge in [-0.2, -0.15) is 26.3 Å². The van der Waals surface area contributed by atoms with Gasteiger partial charge in [0.2, 0.25) is 11.3 Å². The lowest BCUT2D eigenvalue weighted by Gasteiger charge is -2.37. The van der Waals surface area contributed by atoms with Crippen molar-refractivity contribution in [3.63, 3.8) is 0 Å². The number of hydrogen-bond donors (Lipinski definition) is 2. The van der Waals surface area contributed by atoms with Crippen LogP contribution in [0.3, 0.4) is 0 Å². The Labute approximate surface area is 176 Å². The number of nitro benzene ring substituents is 2. The number of hydrogen-bond acceptors (Lipinski definition) is 6. The van der Waals surface area contributed by atoms with Gasteiger partial charge in [-0.15, -0.1) is 0 Å². The van der Waals surface area contributed by atoms with Gasteiger partial charge in [-0.25, -0.2) is 8.78 Å². The van der Waals surface area contributed by atoms with E-state index >= 15 is 8.78 Å². The highest BCUT2D eigenvalue weighted by atomic mass is 19.4. The van der Waals surface area contributed by atoms with Crippen molar-refractivity contribution in [2.24, 2.45) is 0 Å². The Kier molecular flexibility index (Phi) is 4.82. The second kappa shape index (κ2) is 6.64. The highest BCUT2D eigenvalue weighted by Crippen LogP contribution is 2.75. The van der Waals surface area contributed by atoms with E-state index in [2.05, 4.69) is 0 Å². The number of phenolic OH excluding ortho intramolecular Hbond substituents is 2. The van der Waals surface area contributed by atoms with E-state index in [1.807, 2.05) is 0 Å². The maximum absolute atomic E-state index is 15.9. The minimum Gasteiger partial charge on any atom is -0.502 e. The van der Waals surface area contributed by atoms with Gasteiger partial charge in [-0.3, -0.25) is 20.2 Å². The van der Waals surface area contributed by atoms with Crippen molar-refractivity contribution in [3.8, 4) is 11.5 Å². The molecule has 1 fully saturated rings. The van der Waals surface area contributed by atoms with Crippen LogP contribution in [0.4, 0.5) is 46.5 Å². The Morgan fingerprint density at radius 2 is 0.909 bits per heavy atom. The highest BCUT2D eigenvalue weighted by Gasteiger charge is 2.99. The zero-order valence-corrected chi connectivity index (χ0v) is 15.4. The lowest BCUT2D eigenvalue weighted by molar-refractivity contribution is -0.386. The first kappa shape index (κ1) is 23.9. The molecule has 2 unspecified atom stereocenters. The Morgan fingerprint density at radius 3 is 1.18 bits per heavy atom. The van der Waals surface area contributed by atoms with Crippen LogP contribution in [0.15, 0.2) is 36.4 Å². The molecule has 2 aromatic rings. The molecule has 0 spiro atoms. The van der Waals surface area contributed by atoms with E-state index in [0.717, 1.165) is 0 Å². The number of benzene rings is 2. The topological polar surface area (TPSA) is 127 Å². The van der Waals surface area contributed by atoms with Crippen LogP contribution in [-0.4, -0.2) is 37.8 Å². The summed E-state index contributed by atoms with van der Waals surface area (Å²) in [6.07, 6.45) is 0. The summed E-state index contributed by atoms with van der Waals surface area (Å²) in [6, 6.07) is -0.583. The number of nitro groups is 2. The second-order valence-electron chi connectivity index (χ2n) is 6.96. The first-order valence-electron chi connectivity index (χ1n) is 8.36. The molecule has 0 aliphatic heterocycles. The summed E-state index contributed by atoms with van der Waals surface area (Å²) in [5.41, 5.74) is -18.9. The Hall–Kier alpha value is -3.72. The predicted molar refractivity (Wildman–Crippen MR) is 89.9 cm³/mol. The van der Waals surface area contributed by atoms with E-state index in [-0.39, 0.29) is 36.4 Å². The summed E-state index contributed by atoms with van der Waals surface area (Å²) in [7, 11) is 0. The maximum Gasteiger partial charge on any atom is 0.379 e. The average Bonchev–Trinajstić information content (AvgIpc) is 2.77. The van der Waals surface area contributed by atoms with Crippen LogP contribution in [0.25, 0.3) is 0 Å². The van der Waals surface area contributed by atoms with E-state index in [0.29, 0.717) is 0 Å². The quantitative estimate of drug-likeness (QED) is 0.360. The predicted octanol–water partition coefficient (Wildman–Crippen LogP) is 4.86. The summed E-state index contributed by atoms with van der Waals surface area (Å²) in [6.45, 7) is 0. The van der Waals surface area contributed by atoms with Crippen molar-refractivity contribution in [1.29, 1.82) is 0 Å². The summed E-state index contributed by atoms with van der Waals surface area (Å²) in [5, 5.41) is 40.7. The van der Waals surface area contributed by atoms with Crippen molar-refractivity contribution >= 4 is 11.4 Å². The van der Waals surface area contributed by atoms with Crippen LogP contribution < -0.4 is 0 Å². The number of rotatable bonds is 4. The molecule has 0 saturated heterocycles. The molecular formula is C17H8F8N2O6. The average molecular weight is 488 g/mol. The monoisotopic (exact) mass is 488 g/mol. The lowest BCUT2D eigenvalue weighted by Crippen LogP contribution is -2.52. The number of halogens is 8. The third-order valence-corrected chi connectivity index (χ3v) is 5.27. The van der Waals surface area contributed by atoms with Crippen molar-refractivity contribution in [1.82, 2.24) is 0 Å². The van der Waals surface area contributed by atoms with Crippen LogP contribution >= 0.6 is 0 Å². The Morgan fingerprint density at radius 1 is 0.606 bits per heavy atom. The van der Waals surface area contributed by atoms with E-state index < -0.39 is 73.0 Å². The molecule has 2 aromatic carbocycles. The summed E-state index contributed by atoms with van der Waals surface area (Å²) >= 11 is 0. The van der Waals surface area contributed by atoms with E-state index in [4.69, 9.17) is 0 Å². The smallest absolute Gasteiger partial charge is 0.379 e. The first-order valence-corrected chi connectivity index (χ1v) is 8.36. The summed E-state index contributed by atoms with van der Waals surface area (Å²) in [5.74, 6) is -22.6. The third-order valence-electron chi connectivity index (χ3n) is 5.27. The Balaban J connectivity index is 2.50. The van der Waals surface area contributed by atoms with Gasteiger partial charge in [-0.05, 0) is 12.1 Å². The van der Waals surface area contributed by atoms with Gasteiger partial charge in [-0.1, -0.05) is 12.1 Å². The van der Waals surface area contributed by atoms with Gasteiger partial charge in [0.15, 0.2) is 11.5 Å². The fourth-order valence-corrected chi connectivity index (χ4v) is 3.59. The third kappa shape index (κ3) is 2.56. The molecule has 0 heterocycles. The number of aromatic hydroxyl groups is 2. The standard InChI is InChI=1S/C17H8F8N2O6/c18-13(7-1-3-11(28)9(5-7)26(30)31)14(19,16(22,23)17(24,25)15(13,20)21)8-2-4-12(29)10(6-8)27(32)33/h1-6,28-29H. The maximum atomic E-state index is 15.9. The van der Waals surface area contributed by atoms with Gasteiger partial charge < -0.3 is 10.2 Å². The molecule has 178 valence electrons. The molecular weight excluding hydrogens is 480 g/mol. The summed E-state index contributed by atoms with van der Waals surface area (Å²) in [4.78, 5) is 18.8. The molecule has 1 saturated carbocycles. The van der Waals surface area contributed by atoms with Crippen molar-refractivity contribution in [2.75, 3.05) is 0 Å². The van der Waals surface area contributed by atoms with E-state index in [1.54, 1.807) is 0 Å². The minimum absolute atomic E-state index is 0.0587. The summed E-state index contributed by atoms with van der Waals surface area (Å²) < 4.78 is 119. The molecule has 2 atom stereocenters. The number of phenols is 2. The number of alkyl halides is 8. The fourth-order valence-electron chi connectivity index (χ4n) is 3.59. The molecule has 0 aromatic heterocycles. The van der Waals surface area contributed by atoms with Crippen LogP contribution in [-0.2, 0) is 11.3 Å². The van der Waals surface area contributed by atoms with Gasteiger partial charge >= 0.3 is 29.1 Å². The molecule has 1 aliphatic rings. The zero-order valence-electron chi connectivity index (χ0n) is 15.4. The van der Waals surface area contributed by atoms with Crippen LogP contribution in [0.2, 0.25) is 0 Å². The first-order chi connectivity index (χ1) is 14.9. The van der Waals surface area contributed by atoms with Gasteiger partial charge in [0, 0.05) is 23.3 Å². The largest absolute Gasteiger partial charge is 0.502 e. The molecule has 1 aliphatic carbocycles. The van der Waals surface area contributed by atoms with Gasteiger partial charge in [0.25, 0.3) is 0 Å². The van der Waals surface area contributed by atoms with Crippen LogP contribution in [0, 0.1) is 20.2 Å². The van der Waals surface area contributed by atoms with E-state index in [9.17, 15) is 56.8 Å². The van der Waals surface area contributed by atoms with E-state index in [1.165, 1.54) is 0 Å². The molecule has 33 heavy (non-hydrogen) atoms. The zero-order chi connectivity index (χ0) is 25.4. The molecule has 0 amide bonds. The molecule has 2 N–H and O–H groups in total. The Bertz CT molecular complexity index is 1100. The molecule has 3 rings (SSSR count). The lowest BCUT2D eigenvalue weighted by atomic mass is 9.76. The van der Waals surface area contributed by atoms with Crippen molar-refractivity contribution in [2.45, 2.75) is 29.1 Å². The van der Waals surface area contributed by atoms with Crippen LogP contribution in [0.5, 0.6) is 11.5 Å². The second-order valence-corrected chi connectivity index (χ2v) is 6.96. The molecule has 0 radical (unpaired) electrons. The van der Waals surface area contributed by atoms with Crippen molar-refractivity contribution in [3.05, 3.63) is 67.8 Å². The molecule has 16 heteroatoms. The minimum atomic E-state index is -6.76. The van der Waals surface area contributed by atoms with Crippen LogP contribution in [0.1, 0.15) is 11.1 Å². The molecule has 8 nitrogen and oxygen atoms in total. The van der Waals surface area contributed by atoms with Gasteiger partial charge in [0.1, 0.15) is 0 Å². The number of nitrogens with zero attached hydrogens (tertiary/aromatic N) is 2. The SMILES string of the molecule is O=[N+]([O-])c1cc(C2(F)C(F)(F)C(F)(F)C(F)(F)C2(F)c2ccc(O)c([N+](=O)[O-])c2)ccc1O. The normalized spacial score (nSPS) is 27.3. The highest BCUT2D eigenvalue weighted by molar-refractivity contribution is 5.56. The molecule has 0 bridgehead atoms. The fraction of sp³-hybridized carbons (Fsp3) is 0.294. The van der Waals surface area contributed by atoms with Gasteiger partial charge in [0.05, 0.1) is 9.85 Å².